The second-order valence-corrected chi connectivity index (χ2v) is 2.60. The van der Waals surface area contributed by atoms with E-state index in [0.717, 1.165) is 11.3 Å². The predicted molar refractivity (Wildman–Crippen MR) is 52.6 cm³/mol. The highest BCUT2D eigenvalue weighted by Gasteiger charge is 1.98. The van der Waals surface area contributed by atoms with E-state index >= 15 is 0 Å². The number of allylic oxidation sites excluding steroid dienone is 2. The minimum absolute atomic E-state index is 0.500. The van der Waals surface area contributed by atoms with E-state index in [1.165, 1.54) is 0 Å². The van der Waals surface area contributed by atoms with Gasteiger partial charge in [-0.1, -0.05) is 12.2 Å². The maximum absolute atomic E-state index is 5.15. The van der Waals surface area contributed by atoms with Crippen molar-refractivity contribution in [3.63, 3.8) is 0 Å². The topological polar surface area (TPSA) is 27.7 Å². The molecule has 0 atom stereocenters. The summed E-state index contributed by atoms with van der Waals surface area (Å²) in [7, 11) is 4.95. The van der Waals surface area contributed by atoms with Crippen molar-refractivity contribution in [2.45, 2.75) is 6.92 Å². The third kappa shape index (κ3) is 5.44. The molecule has 0 fully saturated rings. The van der Waals surface area contributed by atoms with Crippen LogP contribution >= 0.6 is 0 Å². The molecule has 0 radical (unpaired) electrons. The van der Waals surface area contributed by atoms with Gasteiger partial charge in [-0.2, -0.15) is 0 Å². The van der Waals surface area contributed by atoms with Crippen LogP contribution in [0.5, 0.6) is 0 Å². The summed E-state index contributed by atoms with van der Waals surface area (Å²) in [5.41, 5.74) is 1.06. The van der Waals surface area contributed by atoms with Gasteiger partial charge in [-0.25, -0.2) is 0 Å². The number of rotatable bonds is 6. The van der Waals surface area contributed by atoms with Crippen molar-refractivity contribution in [2.24, 2.45) is 0 Å². The zero-order valence-corrected chi connectivity index (χ0v) is 8.79. The average molecular weight is 186 g/mol. The average Bonchev–Trinajstić information content (AvgIpc) is 2.14. The summed E-state index contributed by atoms with van der Waals surface area (Å²) < 4.78 is 15.0. The van der Waals surface area contributed by atoms with Crippen LogP contribution in [0.3, 0.4) is 0 Å². The SMILES string of the molecule is COC/C=C\C(C)=C(/COC)OC. The van der Waals surface area contributed by atoms with Gasteiger partial charge in [-0.3, -0.25) is 0 Å². The minimum atomic E-state index is 0.500. The van der Waals surface area contributed by atoms with Crippen LogP contribution in [0.4, 0.5) is 0 Å². The maximum atomic E-state index is 5.15. The van der Waals surface area contributed by atoms with Crippen molar-refractivity contribution in [3.8, 4) is 0 Å². The summed E-state index contributed by atoms with van der Waals surface area (Å²) in [6, 6.07) is 0. The van der Waals surface area contributed by atoms with Crippen molar-refractivity contribution < 1.29 is 14.2 Å². The van der Waals surface area contributed by atoms with Crippen molar-refractivity contribution in [1.82, 2.24) is 0 Å². The molecule has 0 unspecified atom stereocenters. The first kappa shape index (κ1) is 12.2. The minimum Gasteiger partial charge on any atom is -0.498 e. The van der Waals surface area contributed by atoms with Gasteiger partial charge in [0.1, 0.15) is 12.4 Å². The fourth-order valence-corrected chi connectivity index (χ4v) is 0.879. The largest absolute Gasteiger partial charge is 0.498 e. The fourth-order valence-electron chi connectivity index (χ4n) is 0.879. The van der Waals surface area contributed by atoms with Crippen LogP contribution in [-0.4, -0.2) is 34.5 Å². The highest BCUT2D eigenvalue weighted by molar-refractivity contribution is 5.20. The first-order valence-corrected chi connectivity index (χ1v) is 4.14. The summed E-state index contributed by atoms with van der Waals surface area (Å²) >= 11 is 0. The Morgan fingerprint density at radius 3 is 2.31 bits per heavy atom. The molecule has 0 aliphatic rings. The first-order chi connectivity index (χ1) is 6.26. The van der Waals surface area contributed by atoms with E-state index in [1.54, 1.807) is 21.3 Å². The van der Waals surface area contributed by atoms with Crippen LogP contribution in [-0.2, 0) is 14.2 Å². The zero-order valence-electron chi connectivity index (χ0n) is 8.79. The molecule has 0 aliphatic heterocycles. The summed E-state index contributed by atoms with van der Waals surface area (Å²) in [4.78, 5) is 0. The van der Waals surface area contributed by atoms with Gasteiger partial charge in [0.05, 0.1) is 13.7 Å². The van der Waals surface area contributed by atoms with Gasteiger partial charge in [-0.15, -0.1) is 0 Å². The van der Waals surface area contributed by atoms with Gasteiger partial charge < -0.3 is 14.2 Å². The quantitative estimate of drug-likeness (QED) is 0.467. The molecule has 0 aliphatic carbocycles. The molecule has 3 nitrogen and oxygen atoms in total. The van der Waals surface area contributed by atoms with Gasteiger partial charge in [0.25, 0.3) is 0 Å². The lowest BCUT2D eigenvalue weighted by molar-refractivity contribution is 0.157. The van der Waals surface area contributed by atoms with Gasteiger partial charge in [-0.05, 0) is 12.5 Å². The van der Waals surface area contributed by atoms with E-state index in [9.17, 15) is 0 Å². The highest BCUT2D eigenvalue weighted by Crippen LogP contribution is 2.06. The molecule has 0 bridgehead atoms. The monoisotopic (exact) mass is 186 g/mol. The van der Waals surface area contributed by atoms with Crippen LogP contribution in [0.15, 0.2) is 23.5 Å². The summed E-state index contributed by atoms with van der Waals surface area (Å²) in [6.45, 7) is 3.09. The van der Waals surface area contributed by atoms with Gasteiger partial charge in [0, 0.05) is 14.2 Å². The van der Waals surface area contributed by atoms with E-state index in [-0.39, 0.29) is 0 Å². The molecular weight excluding hydrogens is 168 g/mol. The Hall–Kier alpha value is -0.800. The van der Waals surface area contributed by atoms with Crippen LogP contribution in [0.2, 0.25) is 0 Å². The van der Waals surface area contributed by atoms with Crippen LogP contribution < -0.4 is 0 Å². The smallest absolute Gasteiger partial charge is 0.124 e. The summed E-state index contributed by atoms with van der Waals surface area (Å²) in [6.07, 6.45) is 3.89. The third-order valence-corrected chi connectivity index (χ3v) is 1.59. The molecule has 0 spiro atoms. The number of hydrogen-bond donors (Lipinski definition) is 0. The van der Waals surface area contributed by atoms with Crippen LogP contribution in [0.1, 0.15) is 6.92 Å². The maximum Gasteiger partial charge on any atom is 0.124 e. The third-order valence-electron chi connectivity index (χ3n) is 1.59. The van der Waals surface area contributed by atoms with Gasteiger partial charge in [0.2, 0.25) is 0 Å². The molecular formula is C10H18O3. The molecule has 0 aromatic heterocycles. The Morgan fingerprint density at radius 1 is 1.15 bits per heavy atom. The lowest BCUT2D eigenvalue weighted by Gasteiger charge is -2.06. The van der Waals surface area contributed by atoms with Crippen molar-refractivity contribution in [3.05, 3.63) is 23.5 Å². The molecule has 0 saturated carbocycles. The summed E-state index contributed by atoms with van der Waals surface area (Å²) in [5, 5.41) is 0. The second-order valence-electron chi connectivity index (χ2n) is 2.60. The second kappa shape index (κ2) is 7.83. The first-order valence-electron chi connectivity index (χ1n) is 4.14. The Kier molecular flexibility index (Phi) is 7.35. The van der Waals surface area contributed by atoms with E-state index in [0.29, 0.717) is 13.2 Å². The molecule has 0 saturated heterocycles. The normalized spacial score (nSPS) is 13.2. The molecule has 0 rings (SSSR count). The molecule has 0 aromatic rings. The molecule has 0 N–H and O–H groups in total. The Morgan fingerprint density at radius 2 is 1.85 bits per heavy atom. The van der Waals surface area contributed by atoms with E-state index in [2.05, 4.69) is 0 Å². The van der Waals surface area contributed by atoms with Crippen LogP contribution in [0, 0.1) is 0 Å². The van der Waals surface area contributed by atoms with Gasteiger partial charge >= 0.3 is 0 Å². The molecule has 3 heteroatoms. The van der Waals surface area contributed by atoms with Crippen molar-refractivity contribution in [1.29, 1.82) is 0 Å². The van der Waals surface area contributed by atoms with Crippen LogP contribution in [0.25, 0.3) is 0 Å². The summed E-state index contributed by atoms with van der Waals surface area (Å²) in [5.74, 6) is 0.842. The lowest BCUT2D eigenvalue weighted by atomic mass is 10.2. The Balaban J connectivity index is 4.19. The zero-order chi connectivity index (χ0) is 10.1. The van der Waals surface area contributed by atoms with Gasteiger partial charge in [0.15, 0.2) is 0 Å². The van der Waals surface area contributed by atoms with E-state index < -0.39 is 0 Å². The molecule has 0 heterocycles. The van der Waals surface area contributed by atoms with E-state index in [4.69, 9.17) is 14.2 Å². The predicted octanol–water partition coefficient (Wildman–Crippen LogP) is 1.76. The van der Waals surface area contributed by atoms with Crippen molar-refractivity contribution in [2.75, 3.05) is 34.5 Å². The Labute approximate surface area is 80.0 Å². The highest BCUT2D eigenvalue weighted by atomic mass is 16.5. The number of hydrogen-bond acceptors (Lipinski definition) is 3. The molecule has 76 valence electrons. The molecule has 0 amide bonds. The standard InChI is InChI=1S/C10H18O3/c1-9(6-5-7-11-2)10(13-4)8-12-3/h5-6H,7-8H2,1-4H3/b6-5-,10-9+. The van der Waals surface area contributed by atoms with Crippen molar-refractivity contribution >= 4 is 0 Å². The molecule has 13 heavy (non-hydrogen) atoms. The number of ether oxygens (including phenoxy) is 3. The fraction of sp³-hybridized carbons (Fsp3) is 0.600. The number of methoxy groups -OCH3 is 3. The molecule has 0 aromatic carbocycles. The van der Waals surface area contributed by atoms with E-state index in [1.807, 2.05) is 19.1 Å². The lowest BCUT2D eigenvalue weighted by Crippen LogP contribution is -1.99. The Bertz CT molecular complexity index is 183.